The summed E-state index contributed by atoms with van der Waals surface area (Å²) >= 11 is 0. The highest BCUT2D eigenvalue weighted by molar-refractivity contribution is 5.71. The van der Waals surface area contributed by atoms with Gasteiger partial charge in [0, 0.05) is 11.8 Å². The molecule has 0 aliphatic carbocycles. The van der Waals surface area contributed by atoms with Crippen LogP contribution in [0.1, 0.15) is 41.8 Å². The zero-order valence-electron chi connectivity index (χ0n) is 24.9. The van der Waals surface area contributed by atoms with Crippen molar-refractivity contribution in [2.24, 2.45) is 0 Å². The van der Waals surface area contributed by atoms with Gasteiger partial charge in [-0.2, -0.15) is 0 Å². The lowest BCUT2D eigenvalue weighted by atomic mass is 9.79. The van der Waals surface area contributed by atoms with E-state index in [-0.39, 0.29) is 13.0 Å². The van der Waals surface area contributed by atoms with Gasteiger partial charge >= 0.3 is 11.7 Å². The van der Waals surface area contributed by atoms with Crippen LogP contribution in [0.4, 0.5) is 0 Å². The van der Waals surface area contributed by atoms with Crippen LogP contribution in [0.15, 0.2) is 106 Å². The quantitative estimate of drug-likeness (QED) is 0.190. The van der Waals surface area contributed by atoms with E-state index in [9.17, 15) is 19.5 Å². The molecule has 3 aromatic carbocycles. The second-order valence-electron chi connectivity index (χ2n) is 10.8. The number of methoxy groups -OCH3 is 2. The van der Waals surface area contributed by atoms with Crippen LogP contribution in [0.3, 0.4) is 0 Å². The first-order valence-electron chi connectivity index (χ1n) is 14.0. The van der Waals surface area contributed by atoms with E-state index in [1.807, 2.05) is 78.9 Å². The Bertz CT molecular complexity index is 1730. The fourth-order valence-corrected chi connectivity index (χ4v) is 5.49. The molecule has 2 atom stereocenters. The molecule has 0 unspecified atom stereocenters. The number of aliphatic carboxylic acids is 1. The van der Waals surface area contributed by atoms with Gasteiger partial charge in [-0.1, -0.05) is 54.6 Å². The summed E-state index contributed by atoms with van der Waals surface area (Å²) < 4.78 is 25.5. The van der Waals surface area contributed by atoms with E-state index in [1.165, 1.54) is 10.8 Å². The first-order valence-corrected chi connectivity index (χ1v) is 14.0. The summed E-state index contributed by atoms with van der Waals surface area (Å²) in [5.74, 6) is 0.289. The number of nitrogens with one attached hydrogen (secondary N) is 1. The van der Waals surface area contributed by atoms with Crippen molar-refractivity contribution in [3.8, 4) is 11.5 Å². The molecule has 10 heteroatoms. The van der Waals surface area contributed by atoms with Crippen molar-refractivity contribution in [2.45, 2.75) is 37.7 Å². The number of ether oxygens (including phenoxy) is 4. The third kappa shape index (κ3) is 5.82. The molecule has 0 fully saturated rings. The Morgan fingerprint density at radius 1 is 0.932 bits per heavy atom. The van der Waals surface area contributed by atoms with Crippen molar-refractivity contribution >= 4 is 5.97 Å². The van der Waals surface area contributed by atoms with Crippen molar-refractivity contribution in [2.75, 3.05) is 20.8 Å². The summed E-state index contributed by atoms with van der Waals surface area (Å²) in [7, 11) is 3.19. The lowest BCUT2D eigenvalue weighted by molar-refractivity contribution is -0.139. The molecular formula is C34H34N2O8. The lowest BCUT2D eigenvalue weighted by Crippen LogP contribution is -2.42. The summed E-state index contributed by atoms with van der Waals surface area (Å²) in [6, 6.07) is 24.8. The number of carboxylic acids is 1. The number of carboxylic acid groups (broad SMARTS) is 1. The number of aromatic nitrogens is 2. The monoisotopic (exact) mass is 598 g/mol. The zero-order valence-corrected chi connectivity index (χ0v) is 24.9. The van der Waals surface area contributed by atoms with E-state index in [0.29, 0.717) is 22.6 Å². The Hall–Kier alpha value is -4.93. The molecule has 1 aromatic heterocycles. The second kappa shape index (κ2) is 12.4. The van der Waals surface area contributed by atoms with E-state index in [2.05, 4.69) is 4.98 Å². The van der Waals surface area contributed by atoms with Gasteiger partial charge in [-0.05, 0) is 66.5 Å². The first kappa shape index (κ1) is 30.5. The third-order valence-corrected chi connectivity index (χ3v) is 7.90. The number of aryl methyl sites for hydroxylation is 1. The fourth-order valence-electron chi connectivity index (χ4n) is 5.49. The minimum atomic E-state index is -1.26. The predicted octanol–water partition coefficient (Wildman–Crippen LogP) is 4.56. The van der Waals surface area contributed by atoms with E-state index in [0.717, 1.165) is 16.7 Å². The van der Waals surface area contributed by atoms with E-state index in [4.69, 9.17) is 18.9 Å². The van der Waals surface area contributed by atoms with Crippen LogP contribution in [0.5, 0.6) is 11.5 Å². The van der Waals surface area contributed by atoms with Gasteiger partial charge in [-0.3, -0.25) is 19.1 Å². The van der Waals surface area contributed by atoms with Gasteiger partial charge in [0.2, 0.25) is 0 Å². The molecule has 10 nitrogen and oxygen atoms in total. The molecule has 5 rings (SSSR count). The van der Waals surface area contributed by atoms with Crippen LogP contribution in [0.25, 0.3) is 0 Å². The molecule has 1 aliphatic heterocycles. The summed E-state index contributed by atoms with van der Waals surface area (Å²) in [5.41, 5.74) is -0.452. The first-order chi connectivity index (χ1) is 21.1. The number of H-pyrrole nitrogens is 1. The maximum absolute atomic E-state index is 12.7. The van der Waals surface area contributed by atoms with Crippen molar-refractivity contribution < 1.29 is 28.8 Å². The van der Waals surface area contributed by atoms with Gasteiger partial charge < -0.3 is 24.1 Å². The largest absolute Gasteiger partial charge is 0.497 e. The Balaban J connectivity index is 1.63. The Morgan fingerprint density at radius 3 is 2.00 bits per heavy atom. The van der Waals surface area contributed by atoms with Gasteiger partial charge in [0.05, 0.1) is 27.2 Å². The van der Waals surface area contributed by atoms with Crippen molar-refractivity contribution in [3.05, 3.63) is 140 Å². The van der Waals surface area contributed by atoms with Crippen LogP contribution in [-0.2, 0) is 19.9 Å². The molecule has 44 heavy (non-hydrogen) atoms. The molecule has 0 saturated heterocycles. The van der Waals surface area contributed by atoms with E-state index < -0.39 is 34.6 Å². The number of hydrogen-bond donors (Lipinski definition) is 2. The van der Waals surface area contributed by atoms with Crippen LogP contribution >= 0.6 is 0 Å². The fraction of sp³-hybridized carbons (Fsp3) is 0.265. The average Bonchev–Trinajstić information content (AvgIpc) is 3.35. The highest BCUT2D eigenvalue weighted by atomic mass is 16.6. The van der Waals surface area contributed by atoms with Crippen LogP contribution in [-0.4, -0.2) is 47.1 Å². The van der Waals surface area contributed by atoms with E-state index in [1.54, 1.807) is 34.1 Å². The normalized spacial score (nSPS) is 18.1. The predicted molar refractivity (Wildman–Crippen MR) is 163 cm³/mol. The highest BCUT2D eigenvalue weighted by Crippen LogP contribution is 2.45. The van der Waals surface area contributed by atoms with Gasteiger partial charge in [0.1, 0.15) is 22.7 Å². The highest BCUT2D eigenvalue weighted by Gasteiger charge is 2.45. The van der Waals surface area contributed by atoms with Crippen LogP contribution in [0, 0.1) is 6.92 Å². The molecule has 0 bridgehead atoms. The Kier molecular flexibility index (Phi) is 8.57. The SMILES string of the molecule is COc1ccc(C(OC[C@@]2(C)O[C@@H](n3cc(C)c(=O)[nH]c3=O)C=C2CC(=O)O)(c2ccccc2)c2ccc(OC)cc2)cc1. The molecule has 4 aromatic rings. The number of nitrogens with zero attached hydrogens (tertiary/aromatic N) is 1. The number of carbonyl (C=O) groups is 1. The second-order valence-corrected chi connectivity index (χ2v) is 10.8. The summed E-state index contributed by atoms with van der Waals surface area (Å²) in [5, 5.41) is 9.78. The molecule has 1 aliphatic rings. The zero-order chi connectivity index (χ0) is 31.5. The molecule has 0 saturated carbocycles. The smallest absolute Gasteiger partial charge is 0.330 e. The lowest BCUT2D eigenvalue weighted by Gasteiger charge is -2.39. The van der Waals surface area contributed by atoms with Crippen molar-refractivity contribution in [1.82, 2.24) is 9.55 Å². The summed E-state index contributed by atoms with van der Waals surface area (Å²) in [6.45, 7) is 3.22. The molecule has 228 valence electrons. The summed E-state index contributed by atoms with van der Waals surface area (Å²) in [4.78, 5) is 39.0. The molecular weight excluding hydrogens is 564 g/mol. The van der Waals surface area contributed by atoms with Crippen molar-refractivity contribution in [3.63, 3.8) is 0 Å². The van der Waals surface area contributed by atoms with Gasteiger partial charge in [0.15, 0.2) is 6.23 Å². The van der Waals surface area contributed by atoms with Crippen LogP contribution < -0.4 is 20.7 Å². The van der Waals surface area contributed by atoms with Gasteiger partial charge in [-0.25, -0.2) is 4.79 Å². The Labute approximate surface area is 254 Å². The number of rotatable bonds is 11. The topological polar surface area (TPSA) is 129 Å². The maximum Gasteiger partial charge on any atom is 0.330 e. The minimum Gasteiger partial charge on any atom is -0.497 e. The number of benzene rings is 3. The number of aromatic amines is 1. The minimum absolute atomic E-state index is 0.0906. The standard InChI is InChI=1S/C34H34N2O8/c1-22-20-36(32(40)35-31(22)39)29-18-26(19-30(37)38)33(2,44-29)21-43-34(23-8-6-5-7-9-23,24-10-14-27(41-3)15-11-24)25-12-16-28(42-4)17-13-25/h5-18,20,29H,19,21H2,1-4H3,(H,37,38)(H,35,39,40)/t29-,33-/m1/s1. The van der Waals surface area contributed by atoms with Crippen molar-refractivity contribution in [1.29, 1.82) is 0 Å². The molecule has 0 radical (unpaired) electrons. The molecule has 2 N–H and O–H groups in total. The summed E-state index contributed by atoms with van der Waals surface area (Å²) in [6.07, 6.45) is 1.70. The van der Waals surface area contributed by atoms with Crippen LogP contribution in [0.2, 0.25) is 0 Å². The average molecular weight is 599 g/mol. The third-order valence-electron chi connectivity index (χ3n) is 7.90. The number of hydrogen-bond acceptors (Lipinski definition) is 7. The molecule has 0 spiro atoms. The van der Waals surface area contributed by atoms with E-state index >= 15 is 0 Å². The maximum atomic E-state index is 12.7. The van der Waals surface area contributed by atoms with Gasteiger partial charge in [-0.15, -0.1) is 0 Å². The Morgan fingerprint density at radius 2 is 1.48 bits per heavy atom. The molecule has 0 amide bonds. The molecule has 2 heterocycles. The van der Waals surface area contributed by atoms with Gasteiger partial charge in [0.25, 0.3) is 5.56 Å².